The van der Waals surface area contributed by atoms with Gasteiger partial charge in [0.2, 0.25) is 0 Å². The van der Waals surface area contributed by atoms with Crippen LogP contribution in [-0.2, 0) is 25.7 Å². The molecule has 0 aliphatic heterocycles. The van der Waals surface area contributed by atoms with E-state index in [4.69, 9.17) is 44.9 Å². The molecular formula is C25H32N4O8. The number of carbonyl (C=O) groups is 4. The Morgan fingerprint density at radius 2 is 1.32 bits per heavy atom. The SMILES string of the molecule is CN(CCC#N)c1ccc(CNCC(c2ccccc2)N(C)C)cc1.O=C(O)C(=O)O.O=C(O)C(=O)O. The van der Waals surface area contributed by atoms with Crippen LogP contribution in [-0.4, -0.2) is 83.4 Å². The summed E-state index contributed by atoms with van der Waals surface area (Å²) in [4.78, 5) is 40.8. The fraction of sp³-hybridized carbons (Fsp3) is 0.320. The Morgan fingerprint density at radius 1 is 0.838 bits per heavy atom. The summed E-state index contributed by atoms with van der Waals surface area (Å²) in [6.45, 7) is 2.51. The highest BCUT2D eigenvalue weighted by molar-refractivity contribution is 6.27. The quantitative estimate of drug-likeness (QED) is 0.304. The number of benzene rings is 2. The lowest BCUT2D eigenvalue weighted by Gasteiger charge is -2.25. The van der Waals surface area contributed by atoms with Gasteiger partial charge in [0.1, 0.15) is 0 Å². The van der Waals surface area contributed by atoms with E-state index in [1.807, 2.05) is 7.05 Å². The van der Waals surface area contributed by atoms with Crippen LogP contribution >= 0.6 is 0 Å². The molecule has 1 atom stereocenters. The molecule has 2 aromatic carbocycles. The fourth-order valence-electron chi connectivity index (χ4n) is 2.84. The van der Waals surface area contributed by atoms with E-state index in [2.05, 4.69) is 89.9 Å². The number of rotatable bonds is 9. The molecule has 2 rings (SSSR count). The van der Waals surface area contributed by atoms with Gasteiger partial charge in [-0.05, 0) is 37.4 Å². The summed E-state index contributed by atoms with van der Waals surface area (Å²) >= 11 is 0. The molecule has 12 nitrogen and oxygen atoms in total. The molecule has 0 fully saturated rings. The lowest BCUT2D eigenvalue weighted by Crippen LogP contribution is -2.30. The molecule has 0 aromatic heterocycles. The monoisotopic (exact) mass is 516 g/mol. The summed E-state index contributed by atoms with van der Waals surface area (Å²) < 4.78 is 0. The zero-order valence-corrected chi connectivity index (χ0v) is 20.9. The van der Waals surface area contributed by atoms with Crippen molar-refractivity contribution in [3.05, 3.63) is 65.7 Å². The van der Waals surface area contributed by atoms with Crippen molar-refractivity contribution >= 4 is 29.6 Å². The molecule has 2 aromatic rings. The molecule has 0 aliphatic rings. The zero-order chi connectivity index (χ0) is 28.4. The average molecular weight is 517 g/mol. The van der Waals surface area contributed by atoms with Crippen molar-refractivity contribution in [1.29, 1.82) is 5.26 Å². The molecule has 0 bridgehead atoms. The van der Waals surface area contributed by atoms with E-state index < -0.39 is 23.9 Å². The highest BCUT2D eigenvalue weighted by atomic mass is 16.4. The van der Waals surface area contributed by atoms with Crippen LogP contribution in [0.25, 0.3) is 0 Å². The van der Waals surface area contributed by atoms with Gasteiger partial charge in [-0.25, -0.2) is 19.2 Å². The van der Waals surface area contributed by atoms with Crippen LogP contribution in [0.4, 0.5) is 5.69 Å². The summed E-state index contributed by atoms with van der Waals surface area (Å²) in [6.07, 6.45) is 0.547. The van der Waals surface area contributed by atoms with Crippen molar-refractivity contribution in [2.24, 2.45) is 0 Å². The molecule has 0 heterocycles. The Morgan fingerprint density at radius 3 is 1.73 bits per heavy atom. The molecule has 0 spiro atoms. The first kappa shape index (κ1) is 32.5. The van der Waals surface area contributed by atoms with Gasteiger partial charge >= 0.3 is 23.9 Å². The van der Waals surface area contributed by atoms with Crippen LogP contribution in [0.1, 0.15) is 23.6 Å². The van der Waals surface area contributed by atoms with Crippen LogP contribution in [0.5, 0.6) is 0 Å². The standard InChI is InChI=1S/C21H28N4.2C2H2O4/c1-24(2)21(19-8-5-4-6-9-19)17-23-16-18-10-12-20(13-11-18)25(3)15-7-14-22;2*3-1(4)2(5)6/h4-6,8-13,21,23H,7,15-17H2,1-3H3;2*(H,3,4)(H,5,6). The number of carboxylic acid groups (broad SMARTS) is 4. The summed E-state index contributed by atoms with van der Waals surface area (Å²) in [5.41, 5.74) is 3.74. The van der Waals surface area contributed by atoms with E-state index in [-0.39, 0.29) is 0 Å². The maximum absolute atomic E-state index is 9.10. The number of nitrogens with zero attached hydrogens (tertiary/aromatic N) is 3. The minimum absolute atomic E-state index is 0.359. The van der Waals surface area contributed by atoms with Crippen molar-refractivity contribution in [2.75, 3.05) is 39.1 Å². The Labute approximate surface area is 215 Å². The van der Waals surface area contributed by atoms with Gasteiger partial charge in [-0.3, -0.25) is 0 Å². The van der Waals surface area contributed by atoms with Crippen molar-refractivity contribution in [2.45, 2.75) is 19.0 Å². The van der Waals surface area contributed by atoms with Gasteiger partial charge in [0, 0.05) is 38.4 Å². The molecule has 5 N–H and O–H groups in total. The van der Waals surface area contributed by atoms with E-state index in [1.165, 1.54) is 11.1 Å². The lowest BCUT2D eigenvalue weighted by molar-refractivity contribution is -0.159. The zero-order valence-electron chi connectivity index (χ0n) is 20.9. The molecule has 0 saturated heterocycles. The molecule has 12 heteroatoms. The van der Waals surface area contributed by atoms with Crippen molar-refractivity contribution in [3.8, 4) is 6.07 Å². The normalized spacial score (nSPS) is 10.5. The molecule has 1 unspecified atom stereocenters. The third kappa shape index (κ3) is 14.5. The van der Waals surface area contributed by atoms with E-state index in [0.29, 0.717) is 12.5 Å². The Bertz CT molecular complexity index is 989. The predicted octanol–water partition coefficient (Wildman–Crippen LogP) is 1.74. The van der Waals surface area contributed by atoms with Crippen LogP contribution in [0.3, 0.4) is 0 Å². The van der Waals surface area contributed by atoms with Gasteiger partial charge in [0.05, 0.1) is 12.5 Å². The second-order valence-electron chi connectivity index (χ2n) is 7.74. The lowest BCUT2D eigenvalue weighted by atomic mass is 10.1. The first-order chi connectivity index (χ1) is 17.4. The number of anilines is 1. The second kappa shape index (κ2) is 17.9. The molecule has 0 aliphatic carbocycles. The number of hydrogen-bond acceptors (Lipinski definition) is 8. The molecule has 0 saturated carbocycles. The first-order valence-electron chi connectivity index (χ1n) is 10.9. The predicted molar refractivity (Wildman–Crippen MR) is 135 cm³/mol. The number of nitriles is 1. The minimum atomic E-state index is -1.82. The molecular weight excluding hydrogens is 484 g/mol. The van der Waals surface area contributed by atoms with Crippen molar-refractivity contribution < 1.29 is 39.6 Å². The maximum atomic E-state index is 9.10. The third-order valence-corrected chi connectivity index (χ3v) is 4.78. The smallest absolute Gasteiger partial charge is 0.414 e. The van der Waals surface area contributed by atoms with Gasteiger partial charge in [-0.1, -0.05) is 42.5 Å². The third-order valence-electron chi connectivity index (χ3n) is 4.78. The first-order valence-corrected chi connectivity index (χ1v) is 10.9. The van der Waals surface area contributed by atoms with Crippen LogP contribution in [0.2, 0.25) is 0 Å². The van der Waals surface area contributed by atoms with Gasteiger partial charge < -0.3 is 35.5 Å². The molecule has 0 amide bonds. The van der Waals surface area contributed by atoms with E-state index in [9.17, 15) is 0 Å². The maximum Gasteiger partial charge on any atom is 0.414 e. The van der Waals surface area contributed by atoms with E-state index in [0.717, 1.165) is 25.3 Å². The Balaban J connectivity index is 0.000000896. The average Bonchev–Trinajstić information content (AvgIpc) is 2.86. The van der Waals surface area contributed by atoms with Gasteiger partial charge in [0.15, 0.2) is 0 Å². The minimum Gasteiger partial charge on any atom is -0.473 e. The van der Waals surface area contributed by atoms with Crippen LogP contribution < -0.4 is 10.2 Å². The summed E-state index contributed by atoms with van der Waals surface area (Å²) in [7, 11) is 6.25. The highest BCUT2D eigenvalue weighted by Gasteiger charge is 2.13. The van der Waals surface area contributed by atoms with Crippen molar-refractivity contribution in [1.82, 2.24) is 10.2 Å². The summed E-state index contributed by atoms with van der Waals surface area (Å²) in [6, 6.07) is 21.7. The van der Waals surface area contributed by atoms with E-state index >= 15 is 0 Å². The van der Waals surface area contributed by atoms with Crippen LogP contribution in [0.15, 0.2) is 54.6 Å². The van der Waals surface area contributed by atoms with Gasteiger partial charge in [-0.2, -0.15) is 5.26 Å². The molecule has 200 valence electrons. The van der Waals surface area contributed by atoms with Crippen LogP contribution in [0, 0.1) is 11.3 Å². The molecule has 0 radical (unpaired) electrons. The van der Waals surface area contributed by atoms with Gasteiger partial charge in [-0.15, -0.1) is 0 Å². The highest BCUT2D eigenvalue weighted by Crippen LogP contribution is 2.17. The topological polar surface area (TPSA) is 192 Å². The number of likely N-dealkylation sites (N-methyl/N-ethyl adjacent to an activating group) is 1. The summed E-state index contributed by atoms with van der Waals surface area (Å²) in [5.74, 6) is -7.30. The van der Waals surface area contributed by atoms with E-state index in [1.54, 1.807) is 0 Å². The fourth-order valence-corrected chi connectivity index (χ4v) is 2.84. The molecule has 37 heavy (non-hydrogen) atoms. The summed E-state index contributed by atoms with van der Waals surface area (Å²) in [5, 5.41) is 41.8. The number of carboxylic acids is 4. The van der Waals surface area contributed by atoms with Gasteiger partial charge in [0.25, 0.3) is 0 Å². The number of nitrogens with one attached hydrogen (secondary N) is 1. The number of aliphatic carboxylic acids is 4. The van der Waals surface area contributed by atoms with Crippen molar-refractivity contribution in [3.63, 3.8) is 0 Å². The number of hydrogen-bond donors (Lipinski definition) is 5. The Kier molecular flexibility index (Phi) is 15.7. The largest absolute Gasteiger partial charge is 0.473 e. The Hall–Kier alpha value is -4.47. The second-order valence-corrected chi connectivity index (χ2v) is 7.74.